The summed E-state index contributed by atoms with van der Waals surface area (Å²) in [5.74, 6) is 0. The quantitative estimate of drug-likeness (QED) is 0.0889. The van der Waals surface area contributed by atoms with E-state index in [-0.39, 0.29) is 36.7 Å². The van der Waals surface area contributed by atoms with E-state index >= 15 is 0 Å². The average Bonchev–Trinajstić information content (AvgIpc) is 2.99. The third kappa shape index (κ3) is 7.97. The molecule has 3 heterocycles. The molecule has 0 fully saturated rings. The summed E-state index contributed by atoms with van der Waals surface area (Å²) in [4.78, 5) is 22.0. The van der Waals surface area contributed by atoms with Crippen LogP contribution in [0.25, 0.3) is 26.4 Å². The second-order valence-corrected chi connectivity index (χ2v) is 9.49. The van der Waals surface area contributed by atoms with Crippen molar-refractivity contribution in [3.8, 4) is 0 Å². The monoisotopic (exact) mass is 642 g/mol. The molecule has 0 amide bonds. The van der Waals surface area contributed by atoms with Crippen molar-refractivity contribution in [2.75, 3.05) is 0 Å². The molecule has 0 atom stereocenters. The van der Waals surface area contributed by atoms with E-state index in [0.29, 0.717) is 10.9 Å². The number of aromatic nitrogens is 3. The van der Waals surface area contributed by atoms with Crippen molar-refractivity contribution in [1.29, 1.82) is 0 Å². The Bertz CT molecular complexity index is 1690. The molecule has 0 bridgehead atoms. The van der Waals surface area contributed by atoms with Gasteiger partial charge in [-0.1, -0.05) is 48.5 Å². The van der Waals surface area contributed by atoms with Gasteiger partial charge in [-0.15, -0.1) is 5.69 Å². The third-order valence-corrected chi connectivity index (χ3v) is 6.59. The van der Waals surface area contributed by atoms with Crippen molar-refractivity contribution in [3.05, 3.63) is 149 Å². The molecule has 0 aliphatic heterocycles. The smallest absolute Gasteiger partial charge is 0.572 e. The van der Waals surface area contributed by atoms with Gasteiger partial charge in [-0.2, -0.15) is 0 Å². The number of nitro benzene ring substituents is 1. The van der Waals surface area contributed by atoms with Gasteiger partial charge in [0.1, 0.15) is 10.0 Å². The number of rotatable bonds is 4. The van der Waals surface area contributed by atoms with Gasteiger partial charge in [0.05, 0.1) is 15.3 Å². The third-order valence-electron chi connectivity index (χ3n) is 5.29. The van der Waals surface area contributed by atoms with Gasteiger partial charge >= 0.3 is 20.4 Å². The fourth-order valence-electron chi connectivity index (χ4n) is 3.52. The minimum Gasteiger partial charge on any atom is -0.572 e. The molecule has 0 unspecified atom stereocenters. The van der Waals surface area contributed by atoms with Gasteiger partial charge < -0.3 is 4.72 Å². The van der Waals surface area contributed by atoms with Crippen LogP contribution >= 0.6 is 0 Å². The number of hydrogen-bond acceptors (Lipinski definition) is 7. The number of non-ortho nitro benzene ring substituents is 1. The Kier molecular flexibility index (Phi) is 10.9. The minimum atomic E-state index is -4.04. The molecule has 3 aromatic carbocycles. The Hall–Kier alpha value is -4.56. The van der Waals surface area contributed by atoms with Crippen molar-refractivity contribution in [1.82, 2.24) is 15.0 Å². The molecular weight excluding hydrogens is 621 g/mol. The standard InChI is InChI=1S/C19H12N3O4S.2C5H5N.Pd/c23-22(24)15-8-10-16(11-9-15)27(25,26)21-17-5-1-3-13-6-7-14-4-2-12-20-19(14)18(13)17;2*1-2-4-6-5-3-1;/h1-12H;2*1-5H;/q-1;;;+2. The molecule has 0 spiro atoms. The Morgan fingerprint density at radius 2 is 1.23 bits per heavy atom. The first-order valence-corrected chi connectivity index (χ1v) is 13.1. The number of nitro groups is 1. The maximum atomic E-state index is 12.7. The molecule has 202 valence electrons. The summed E-state index contributed by atoms with van der Waals surface area (Å²) in [5, 5.41) is 13.1. The number of fused-ring (bicyclic) bond motifs is 3. The first-order valence-electron chi connectivity index (χ1n) is 11.6. The number of benzene rings is 3. The molecule has 0 aliphatic rings. The van der Waals surface area contributed by atoms with E-state index in [1.807, 2.05) is 66.7 Å². The molecule has 0 saturated heterocycles. The van der Waals surface area contributed by atoms with Crippen LogP contribution in [0.2, 0.25) is 0 Å². The minimum absolute atomic E-state index is 0. The fraction of sp³-hybridized carbons (Fsp3) is 0. The molecule has 0 N–H and O–H groups in total. The number of pyridine rings is 3. The van der Waals surface area contributed by atoms with Crippen molar-refractivity contribution < 1.29 is 33.8 Å². The summed E-state index contributed by atoms with van der Waals surface area (Å²) in [6.07, 6.45) is 8.64. The molecule has 6 rings (SSSR count). The van der Waals surface area contributed by atoms with Crippen molar-refractivity contribution >= 4 is 43.1 Å². The van der Waals surface area contributed by atoms with Gasteiger partial charge in [0.2, 0.25) is 0 Å². The van der Waals surface area contributed by atoms with E-state index in [0.717, 1.165) is 22.9 Å². The van der Waals surface area contributed by atoms with Crippen molar-refractivity contribution in [2.24, 2.45) is 0 Å². The molecule has 11 heteroatoms. The van der Waals surface area contributed by atoms with Crippen LogP contribution in [0, 0.1) is 10.1 Å². The molecule has 0 radical (unpaired) electrons. The number of hydrogen-bond donors (Lipinski definition) is 0. The molecular formula is C29H22N5O4PdS+. The largest absolute Gasteiger partial charge is 2.00 e. The predicted molar refractivity (Wildman–Crippen MR) is 151 cm³/mol. The van der Waals surface area contributed by atoms with E-state index in [1.165, 1.54) is 12.1 Å². The summed E-state index contributed by atoms with van der Waals surface area (Å²) in [5.41, 5.74) is 0.748. The van der Waals surface area contributed by atoms with E-state index in [4.69, 9.17) is 0 Å². The topological polar surface area (TPSA) is 130 Å². The molecule has 0 saturated carbocycles. The maximum absolute atomic E-state index is 12.7. The average molecular weight is 643 g/mol. The zero-order valence-corrected chi connectivity index (χ0v) is 23.2. The zero-order chi connectivity index (χ0) is 27.5. The van der Waals surface area contributed by atoms with E-state index in [1.54, 1.807) is 43.1 Å². The number of nitrogens with zero attached hydrogens (tertiary/aromatic N) is 5. The second-order valence-electron chi connectivity index (χ2n) is 7.88. The van der Waals surface area contributed by atoms with Crippen LogP contribution in [0.1, 0.15) is 0 Å². The SMILES string of the molecule is O=[N+]([O-])c1ccc(S(=O)(=O)[N-]c2cccc3ccc4cccnc4c23)cc1.[Pd+2].c1ccncc1.c1ccncc1. The zero-order valence-electron chi connectivity index (χ0n) is 20.8. The van der Waals surface area contributed by atoms with Crippen LogP contribution in [-0.4, -0.2) is 28.3 Å². The Labute approximate surface area is 244 Å². The number of sulfonamides is 1. The Morgan fingerprint density at radius 3 is 1.75 bits per heavy atom. The normalized spacial score (nSPS) is 10.2. The second kappa shape index (κ2) is 14.6. The van der Waals surface area contributed by atoms with Crippen LogP contribution in [0.4, 0.5) is 11.4 Å². The van der Waals surface area contributed by atoms with Gasteiger partial charge in [-0.3, -0.25) is 25.1 Å². The summed E-state index contributed by atoms with van der Waals surface area (Å²) in [6, 6.07) is 28.8. The van der Waals surface area contributed by atoms with Gasteiger partial charge in [-0.05, 0) is 53.2 Å². The van der Waals surface area contributed by atoms with Gasteiger partial charge in [0, 0.05) is 48.5 Å². The molecule has 9 nitrogen and oxygen atoms in total. The van der Waals surface area contributed by atoms with Crippen LogP contribution in [0.5, 0.6) is 0 Å². The van der Waals surface area contributed by atoms with Crippen LogP contribution in [0.15, 0.2) is 139 Å². The van der Waals surface area contributed by atoms with Crippen LogP contribution in [-0.2, 0) is 30.4 Å². The summed E-state index contributed by atoms with van der Waals surface area (Å²) < 4.78 is 29.4. The van der Waals surface area contributed by atoms with Crippen molar-refractivity contribution in [2.45, 2.75) is 4.90 Å². The predicted octanol–water partition coefficient (Wildman–Crippen LogP) is 6.85. The van der Waals surface area contributed by atoms with Gasteiger partial charge in [-0.25, -0.2) is 8.42 Å². The van der Waals surface area contributed by atoms with Crippen LogP contribution in [0.3, 0.4) is 0 Å². The maximum Gasteiger partial charge on any atom is 2.00 e. The van der Waals surface area contributed by atoms with E-state index in [9.17, 15) is 18.5 Å². The van der Waals surface area contributed by atoms with E-state index < -0.39 is 14.9 Å². The molecule has 40 heavy (non-hydrogen) atoms. The molecule has 3 aromatic heterocycles. The first kappa shape index (κ1) is 30.0. The first-order chi connectivity index (χ1) is 19.0. The molecule has 0 aliphatic carbocycles. The van der Waals surface area contributed by atoms with Crippen molar-refractivity contribution in [3.63, 3.8) is 0 Å². The summed E-state index contributed by atoms with van der Waals surface area (Å²) >= 11 is 0. The fourth-order valence-corrected chi connectivity index (χ4v) is 4.51. The molecule has 6 aromatic rings. The summed E-state index contributed by atoms with van der Waals surface area (Å²) in [7, 11) is -4.04. The van der Waals surface area contributed by atoms with Gasteiger partial charge in [0.25, 0.3) is 5.69 Å². The van der Waals surface area contributed by atoms with Crippen LogP contribution < -0.4 is 0 Å². The van der Waals surface area contributed by atoms with E-state index in [2.05, 4.69) is 19.7 Å². The van der Waals surface area contributed by atoms with Gasteiger partial charge in [0.15, 0.2) is 0 Å². The Morgan fingerprint density at radius 1 is 0.650 bits per heavy atom. The Balaban J connectivity index is 0.000000279. The summed E-state index contributed by atoms with van der Waals surface area (Å²) in [6.45, 7) is 0.